The quantitative estimate of drug-likeness (QED) is 0.554. The number of aliphatic carboxylic acids is 1. The molecule has 2 rings (SSSR count). The van der Waals surface area contributed by atoms with Crippen molar-refractivity contribution in [2.45, 2.75) is 24.5 Å². The van der Waals surface area contributed by atoms with Crippen molar-refractivity contribution in [2.75, 3.05) is 13.1 Å². The maximum atomic E-state index is 11.1. The Morgan fingerprint density at radius 1 is 1.69 bits per heavy atom. The third-order valence-electron chi connectivity index (χ3n) is 2.96. The van der Waals surface area contributed by atoms with Crippen LogP contribution >= 0.6 is 0 Å². The number of β-amino-alcohol motifs (C(OH)–C–C–N with tert-alkyl or cyclic N) is 1. The second-order valence-electron chi connectivity index (χ2n) is 4.00. The lowest BCUT2D eigenvalue weighted by Crippen LogP contribution is -2.45. The van der Waals surface area contributed by atoms with Crippen LogP contribution in [0.3, 0.4) is 0 Å². The fourth-order valence-corrected chi connectivity index (χ4v) is 2.45. The van der Waals surface area contributed by atoms with E-state index >= 15 is 0 Å². The van der Waals surface area contributed by atoms with Crippen LogP contribution in [0.1, 0.15) is 12.8 Å². The van der Waals surface area contributed by atoms with E-state index in [1.54, 1.807) is 0 Å². The van der Waals surface area contributed by atoms with Crippen molar-refractivity contribution in [1.82, 2.24) is 4.90 Å². The molecule has 0 amide bonds. The molecule has 0 bridgehead atoms. The van der Waals surface area contributed by atoms with Gasteiger partial charge in [0.1, 0.15) is 5.54 Å². The van der Waals surface area contributed by atoms with E-state index in [-0.39, 0.29) is 0 Å². The van der Waals surface area contributed by atoms with Gasteiger partial charge in [-0.3, -0.25) is 9.69 Å². The molecule has 2 aliphatic heterocycles. The second-order valence-corrected chi connectivity index (χ2v) is 4.00. The van der Waals surface area contributed by atoms with Crippen LogP contribution in [0, 0.1) is 0 Å². The van der Waals surface area contributed by atoms with E-state index in [4.69, 9.17) is 5.11 Å². The first-order valence-corrected chi connectivity index (χ1v) is 4.38. The average molecular weight is 183 g/mol. The van der Waals surface area contributed by atoms with Gasteiger partial charge in [0.25, 0.3) is 0 Å². The molecule has 2 saturated heterocycles. The van der Waals surface area contributed by atoms with E-state index in [2.05, 4.69) is 6.58 Å². The van der Waals surface area contributed by atoms with Gasteiger partial charge < -0.3 is 10.2 Å². The monoisotopic (exact) mass is 183 g/mol. The van der Waals surface area contributed by atoms with Crippen molar-refractivity contribution >= 4 is 5.97 Å². The second kappa shape index (κ2) is 2.56. The molecule has 2 N–H and O–H groups in total. The molecular weight excluding hydrogens is 170 g/mol. The molecule has 0 aromatic rings. The lowest BCUT2D eigenvalue weighted by Gasteiger charge is -2.25. The number of hydrogen-bond donors (Lipinski definition) is 2. The van der Waals surface area contributed by atoms with Gasteiger partial charge in [0.2, 0.25) is 0 Å². The summed E-state index contributed by atoms with van der Waals surface area (Å²) in [6.07, 6.45) is 0.324. The standard InChI is InChI=1S/C9H13NO3/c1-6-2-9(8(12)13)3-7(11)5-10(9)4-6/h7,11H,1-5H2,(H,12,13). The van der Waals surface area contributed by atoms with Crippen molar-refractivity contribution in [2.24, 2.45) is 0 Å². The van der Waals surface area contributed by atoms with E-state index in [0.29, 0.717) is 25.9 Å². The molecule has 72 valence electrons. The molecule has 4 heteroatoms. The highest BCUT2D eigenvalue weighted by Crippen LogP contribution is 2.40. The van der Waals surface area contributed by atoms with E-state index < -0.39 is 17.6 Å². The SMILES string of the molecule is C=C1CN2CC(O)CC2(C(=O)O)C1. The van der Waals surface area contributed by atoms with Gasteiger partial charge in [-0.15, -0.1) is 0 Å². The van der Waals surface area contributed by atoms with Crippen molar-refractivity contribution in [3.8, 4) is 0 Å². The molecule has 2 atom stereocenters. The van der Waals surface area contributed by atoms with E-state index in [0.717, 1.165) is 5.57 Å². The van der Waals surface area contributed by atoms with Gasteiger partial charge in [0.15, 0.2) is 0 Å². The Bertz CT molecular complexity index is 276. The molecule has 2 fully saturated rings. The number of aliphatic hydroxyl groups is 1. The van der Waals surface area contributed by atoms with Crippen LogP contribution in [0.25, 0.3) is 0 Å². The molecule has 0 saturated carbocycles. The third-order valence-corrected chi connectivity index (χ3v) is 2.96. The summed E-state index contributed by atoms with van der Waals surface area (Å²) in [7, 11) is 0. The van der Waals surface area contributed by atoms with Crippen LogP contribution in [0.4, 0.5) is 0 Å². The normalized spacial score (nSPS) is 39.5. The Hall–Kier alpha value is -0.870. The molecule has 0 radical (unpaired) electrons. The van der Waals surface area contributed by atoms with Crippen LogP contribution in [0.15, 0.2) is 12.2 Å². The van der Waals surface area contributed by atoms with Crippen LogP contribution in [0.5, 0.6) is 0 Å². The van der Waals surface area contributed by atoms with Gasteiger partial charge in [-0.25, -0.2) is 0 Å². The minimum absolute atomic E-state index is 0.335. The van der Waals surface area contributed by atoms with Gasteiger partial charge in [-0.2, -0.15) is 0 Å². The molecule has 0 aromatic carbocycles. The summed E-state index contributed by atoms with van der Waals surface area (Å²) in [6, 6.07) is 0. The van der Waals surface area contributed by atoms with Gasteiger partial charge in [-0.1, -0.05) is 12.2 Å². The number of carboxylic acids is 1. The molecule has 2 heterocycles. The maximum absolute atomic E-state index is 11.1. The minimum atomic E-state index is -0.851. The highest BCUT2D eigenvalue weighted by molar-refractivity contribution is 5.80. The summed E-state index contributed by atoms with van der Waals surface area (Å²) in [5.41, 5.74) is 0.102. The van der Waals surface area contributed by atoms with E-state index in [1.807, 2.05) is 4.90 Å². The van der Waals surface area contributed by atoms with Crippen LogP contribution in [0.2, 0.25) is 0 Å². The van der Waals surface area contributed by atoms with Crippen LogP contribution in [-0.4, -0.2) is 45.8 Å². The summed E-state index contributed by atoms with van der Waals surface area (Å²) >= 11 is 0. The zero-order valence-electron chi connectivity index (χ0n) is 7.36. The first kappa shape index (κ1) is 8.72. The Kier molecular flexibility index (Phi) is 1.72. The molecule has 13 heavy (non-hydrogen) atoms. The van der Waals surface area contributed by atoms with E-state index in [1.165, 1.54) is 0 Å². The smallest absolute Gasteiger partial charge is 0.324 e. The lowest BCUT2D eigenvalue weighted by molar-refractivity contribution is -0.148. The molecule has 2 aliphatic rings. The number of aliphatic hydroxyl groups excluding tert-OH is 1. The zero-order chi connectivity index (χ0) is 9.64. The molecule has 0 aromatic heterocycles. The molecule has 2 unspecified atom stereocenters. The maximum Gasteiger partial charge on any atom is 0.324 e. The highest BCUT2D eigenvalue weighted by atomic mass is 16.4. The van der Waals surface area contributed by atoms with Crippen molar-refractivity contribution in [3.05, 3.63) is 12.2 Å². The molecule has 4 nitrogen and oxygen atoms in total. The number of carboxylic acid groups (broad SMARTS) is 1. The zero-order valence-corrected chi connectivity index (χ0v) is 7.36. The van der Waals surface area contributed by atoms with Gasteiger partial charge >= 0.3 is 5.97 Å². The highest BCUT2D eigenvalue weighted by Gasteiger charge is 2.54. The summed E-state index contributed by atoms with van der Waals surface area (Å²) in [6.45, 7) is 4.88. The Labute approximate surface area is 76.5 Å². The van der Waals surface area contributed by atoms with Crippen molar-refractivity contribution in [3.63, 3.8) is 0 Å². The van der Waals surface area contributed by atoms with Crippen molar-refractivity contribution < 1.29 is 15.0 Å². The Balaban J connectivity index is 2.31. The number of fused-ring (bicyclic) bond motifs is 1. The van der Waals surface area contributed by atoms with Crippen LogP contribution in [-0.2, 0) is 4.79 Å². The molecule has 0 aliphatic carbocycles. The molecule has 0 spiro atoms. The number of carbonyl (C=O) groups is 1. The molecular formula is C9H13NO3. The fourth-order valence-electron chi connectivity index (χ4n) is 2.45. The fraction of sp³-hybridized carbons (Fsp3) is 0.667. The summed E-state index contributed by atoms with van der Waals surface area (Å²) in [4.78, 5) is 12.9. The predicted octanol–water partition coefficient (Wildman–Crippen LogP) is -0.164. The van der Waals surface area contributed by atoms with Crippen molar-refractivity contribution in [1.29, 1.82) is 0 Å². The Morgan fingerprint density at radius 2 is 2.38 bits per heavy atom. The average Bonchev–Trinajstić information content (AvgIpc) is 2.40. The van der Waals surface area contributed by atoms with E-state index in [9.17, 15) is 9.90 Å². The number of rotatable bonds is 1. The topological polar surface area (TPSA) is 60.8 Å². The minimum Gasteiger partial charge on any atom is -0.480 e. The Morgan fingerprint density at radius 3 is 2.92 bits per heavy atom. The predicted molar refractivity (Wildman–Crippen MR) is 46.3 cm³/mol. The summed E-state index contributed by atoms with van der Waals surface area (Å²) < 4.78 is 0. The first-order valence-electron chi connectivity index (χ1n) is 4.38. The third kappa shape index (κ3) is 1.09. The van der Waals surface area contributed by atoms with Crippen LogP contribution < -0.4 is 0 Å². The largest absolute Gasteiger partial charge is 0.480 e. The van der Waals surface area contributed by atoms with Gasteiger partial charge in [0, 0.05) is 19.5 Å². The summed E-state index contributed by atoms with van der Waals surface area (Å²) in [5.74, 6) is -0.831. The van der Waals surface area contributed by atoms with Gasteiger partial charge in [-0.05, 0) is 6.42 Å². The number of hydrogen-bond acceptors (Lipinski definition) is 3. The van der Waals surface area contributed by atoms with Gasteiger partial charge in [0.05, 0.1) is 6.10 Å². The first-order chi connectivity index (χ1) is 6.04. The summed E-state index contributed by atoms with van der Waals surface area (Å²) in [5, 5.41) is 18.5. The number of nitrogens with zero attached hydrogens (tertiary/aromatic N) is 1. The lowest BCUT2D eigenvalue weighted by atomic mass is 9.92.